The second-order valence-electron chi connectivity index (χ2n) is 10.5. The van der Waals surface area contributed by atoms with Gasteiger partial charge in [-0.25, -0.2) is 8.42 Å². The third kappa shape index (κ3) is 8.79. The van der Waals surface area contributed by atoms with Crippen molar-refractivity contribution in [1.82, 2.24) is 10.2 Å². The van der Waals surface area contributed by atoms with Crippen LogP contribution in [0.1, 0.15) is 30.0 Å². The number of amides is 2. The molecule has 236 valence electrons. The van der Waals surface area contributed by atoms with Crippen LogP contribution in [0.15, 0.2) is 102 Å². The van der Waals surface area contributed by atoms with Crippen LogP contribution in [0.2, 0.25) is 15.1 Å². The molecule has 0 aliphatic heterocycles. The van der Waals surface area contributed by atoms with Crippen LogP contribution < -0.4 is 9.62 Å². The quantitative estimate of drug-likeness (QED) is 0.160. The fourth-order valence-electron chi connectivity index (χ4n) is 4.84. The van der Waals surface area contributed by atoms with Gasteiger partial charge in [0.25, 0.3) is 10.0 Å². The van der Waals surface area contributed by atoms with Gasteiger partial charge in [-0.3, -0.25) is 13.9 Å². The SMILES string of the molecule is CCCNC(=O)[C@@H](Cc1ccccc1)N(Cc1ccc(Cl)cc1Cl)C(=O)CN(c1ccccc1C)S(=O)(=O)c1ccc(Cl)cc1. The van der Waals surface area contributed by atoms with Gasteiger partial charge in [-0.2, -0.15) is 0 Å². The standard InChI is InChI=1S/C34H34Cl3N3O4S/c1-3-19-38-34(42)32(20-25-10-5-4-6-11-25)39(22-26-13-14-28(36)21-30(26)37)33(41)23-40(31-12-8-7-9-24(31)2)45(43,44)29-17-15-27(35)16-18-29/h4-18,21,32H,3,19-20,22-23H2,1-2H3,(H,38,42)/t32-/m1/s1. The minimum atomic E-state index is -4.24. The highest BCUT2D eigenvalue weighted by Gasteiger charge is 2.35. The summed E-state index contributed by atoms with van der Waals surface area (Å²) in [4.78, 5) is 29.6. The lowest BCUT2D eigenvalue weighted by atomic mass is 10.0. The molecule has 1 N–H and O–H groups in total. The Hall–Kier alpha value is -3.56. The Morgan fingerprint density at radius 2 is 1.49 bits per heavy atom. The topological polar surface area (TPSA) is 86.8 Å². The molecule has 0 aliphatic rings. The molecule has 0 aromatic heterocycles. The van der Waals surface area contributed by atoms with Gasteiger partial charge in [0.2, 0.25) is 11.8 Å². The van der Waals surface area contributed by atoms with Crippen molar-refractivity contribution >= 4 is 62.3 Å². The molecule has 0 fully saturated rings. The molecule has 0 aliphatic carbocycles. The predicted molar refractivity (Wildman–Crippen MR) is 181 cm³/mol. The highest BCUT2D eigenvalue weighted by Crippen LogP contribution is 2.29. The van der Waals surface area contributed by atoms with Crippen LogP contribution in [0.4, 0.5) is 5.69 Å². The number of carbonyl (C=O) groups is 2. The van der Waals surface area contributed by atoms with E-state index < -0.39 is 28.5 Å². The lowest BCUT2D eigenvalue weighted by Gasteiger charge is -2.34. The van der Waals surface area contributed by atoms with E-state index in [0.717, 1.165) is 9.87 Å². The molecule has 0 bridgehead atoms. The van der Waals surface area contributed by atoms with Crippen LogP contribution in [0.3, 0.4) is 0 Å². The molecule has 0 saturated heterocycles. The monoisotopic (exact) mass is 685 g/mol. The third-order valence-corrected chi connectivity index (χ3v) is 9.85. The Morgan fingerprint density at radius 1 is 0.844 bits per heavy atom. The fraction of sp³-hybridized carbons (Fsp3) is 0.235. The number of rotatable bonds is 13. The van der Waals surface area contributed by atoms with Crippen molar-refractivity contribution in [2.24, 2.45) is 0 Å². The van der Waals surface area contributed by atoms with E-state index in [-0.39, 0.29) is 23.8 Å². The minimum absolute atomic E-state index is 0.0308. The summed E-state index contributed by atoms with van der Waals surface area (Å²) in [6.45, 7) is 3.48. The number of sulfonamides is 1. The van der Waals surface area contributed by atoms with E-state index in [1.165, 1.54) is 29.2 Å². The highest BCUT2D eigenvalue weighted by atomic mass is 35.5. The van der Waals surface area contributed by atoms with Gasteiger partial charge in [-0.1, -0.05) is 96.3 Å². The summed E-state index contributed by atoms with van der Waals surface area (Å²) >= 11 is 18.8. The van der Waals surface area contributed by atoms with E-state index >= 15 is 0 Å². The van der Waals surface area contributed by atoms with E-state index in [0.29, 0.717) is 44.8 Å². The van der Waals surface area contributed by atoms with Gasteiger partial charge >= 0.3 is 0 Å². The number of nitrogens with zero attached hydrogens (tertiary/aromatic N) is 2. The summed E-state index contributed by atoms with van der Waals surface area (Å²) in [5.41, 5.74) is 2.37. The van der Waals surface area contributed by atoms with E-state index in [9.17, 15) is 18.0 Å². The fourth-order valence-corrected chi connectivity index (χ4v) is 6.92. The summed E-state index contributed by atoms with van der Waals surface area (Å²) in [7, 11) is -4.24. The smallest absolute Gasteiger partial charge is 0.264 e. The zero-order valence-electron chi connectivity index (χ0n) is 24.9. The number of benzene rings is 4. The predicted octanol–water partition coefficient (Wildman–Crippen LogP) is 7.32. The summed E-state index contributed by atoms with van der Waals surface area (Å²) in [6.07, 6.45) is 0.892. The molecule has 4 aromatic rings. The molecule has 4 rings (SSSR count). The number of hydrogen-bond donors (Lipinski definition) is 1. The first-order valence-corrected chi connectivity index (χ1v) is 17.0. The van der Waals surface area contributed by atoms with Gasteiger partial charge in [-0.15, -0.1) is 0 Å². The maximum atomic E-state index is 14.5. The third-order valence-electron chi connectivity index (χ3n) is 7.24. The number of carbonyl (C=O) groups excluding carboxylic acids is 2. The molecular formula is C34H34Cl3N3O4S. The average molecular weight is 687 g/mol. The minimum Gasteiger partial charge on any atom is -0.354 e. The zero-order chi connectivity index (χ0) is 32.6. The molecular weight excluding hydrogens is 653 g/mol. The Morgan fingerprint density at radius 3 is 2.13 bits per heavy atom. The molecule has 7 nitrogen and oxygen atoms in total. The number of anilines is 1. The van der Waals surface area contributed by atoms with E-state index in [2.05, 4.69) is 5.32 Å². The van der Waals surface area contributed by atoms with Crippen molar-refractivity contribution in [1.29, 1.82) is 0 Å². The Bertz CT molecular complexity index is 1740. The zero-order valence-corrected chi connectivity index (χ0v) is 28.0. The number of halogens is 3. The van der Waals surface area contributed by atoms with Crippen LogP contribution in [0.25, 0.3) is 0 Å². The van der Waals surface area contributed by atoms with Crippen molar-refractivity contribution in [2.45, 2.75) is 44.2 Å². The van der Waals surface area contributed by atoms with Crippen molar-refractivity contribution in [3.05, 3.63) is 129 Å². The number of para-hydroxylation sites is 1. The lowest BCUT2D eigenvalue weighted by molar-refractivity contribution is -0.140. The molecule has 0 saturated carbocycles. The molecule has 1 atom stereocenters. The Labute approximate surface area is 279 Å². The first kappa shape index (κ1) is 34.3. The van der Waals surface area contributed by atoms with Crippen molar-refractivity contribution in [2.75, 3.05) is 17.4 Å². The second kappa shape index (κ2) is 15.6. The maximum absolute atomic E-state index is 14.5. The maximum Gasteiger partial charge on any atom is 0.264 e. The Kier molecular flexibility index (Phi) is 11.9. The first-order chi connectivity index (χ1) is 21.5. The van der Waals surface area contributed by atoms with Crippen LogP contribution in [0.5, 0.6) is 0 Å². The molecule has 4 aromatic carbocycles. The second-order valence-corrected chi connectivity index (χ2v) is 13.6. The molecule has 0 unspecified atom stereocenters. The molecule has 2 amide bonds. The number of hydrogen-bond acceptors (Lipinski definition) is 4. The van der Waals surface area contributed by atoms with E-state index in [4.69, 9.17) is 34.8 Å². The summed E-state index contributed by atoms with van der Waals surface area (Å²) in [6, 6.07) is 25.9. The normalized spacial score (nSPS) is 11.9. The van der Waals surface area contributed by atoms with Gasteiger partial charge in [0.05, 0.1) is 10.6 Å². The van der Waals surface area contributed by atoms with Crippen LogP contribution in [-0.2, 0) is 32.6 Å². The van der Waals surface area contributed by atoms with Gasteiger partial charge < -0.3 is 10.2 Å². The van der Waals surface area contributed by atoms with Gasteiger partial charge in [0, 0.05) is 34.6 Å². The van der Waals surface area contributed by atoms with E-state index in [1.54, 1.807) is 49.4 Å². The van der Waals surface area contributed by atoms with Gasteiger partial charge in [0.15, 0.2) is 0 Å². The number of aryl methyl sites for hydroxylation is 1. The summed E-state index contributed by atoms with van der Waals surface area (Å²) in [5.74, 6) is -0.948. The molecule has 11 heteroatoms. The van der Waals surface area contributed by atoms with Crippen molar-refractivity contribution in [3.8, 4) is 0 Å². The van der Waals surface area contributed by atoms with Gasteiger partial charge in [-0.05, 0) is 72.5 Å². The molecule has 45 heavy (non-hydrogen) atoms. The first-order valence-electron chi connectivity index (χ1n) is 14.4. The highest BCUT2D eigenvalue weighted by molar-refractivity contribution is 7.92. The van der Waals surface area contributed by atoms with Crippen molar-refractivity contribution < 1.29 is 18.0 Å². The van der Waals surface area contributed by atoms with Crippen LogP contribution in [-0.4, -0.2) is 44.3 Å². The van der Waals surface area contributed by atoms with Crippen LogP contribution in [0, 0.1) is 6.92 Å². The largest absolute Gasteiger partial charge is 0.354 e. The Balaban J connectivity index is 1.82. The van der Waals surface area contributed by atoms with Crippen molar-refractivity contribution in [3.63, 3.8) is 0 Å². The number of nitrogens with one attached hydrogen (secondary N) is 1. The average Bonchev–Trinajstić information content (AvgIpc) is 3.02. The van der Waals surface area contributed by atoms with E-state index in [1.807, 2.05) is 37.3 Å². The van der Waals surface area contributed by atoms with Crippen LogP contribution >= 0.6 is 34.8 Å². The van der Waals surface area contributed by atoms with Gasteiger partial charge in [0.1, 0.15) is 12.6 Å². The summed E-state index contributed by atoms with van der Waals surface area (Å²) in [5, 5.41) is 4.03. The molecule has 0 heterocycles. The lowest BCUT2D eigenvalue weighted by Crippen LogP contribution is -2.53. The molecule has 0 radical (unpaired) electrons. The molecule has 0 spiro atoms. The summed E-state index contributed by atoms with van der Waals surface area (Å²) < 4.78 is 29.4.